The number of hydrogen-bond acceptors (Lipinski definition) is 1. The fraction of sp³-hybridized carbons (Fsp3) is 0.0417. The topological polar surface area (TPSA) is 19.1 Å². The summed E-state index contributed by atoms with van der Waals surface area (Å²) in [6, 6.07) is 57.3. The second-order valence-corrected chi connectivity index (χ2v) is 13.7. The van der Waals surface area contributed by atoms with Gasteiger partial charge in [0.2, 0.25) is 0 Å². The number of aromatic nitrogens is 2. The lowest BCUT2D eigenvalue weighted by Crippen LogP contribution is -2.15. The van der Waals surface area contributed by atoms with Crippen molar-refractivity contribution in [3.05, 3.63) is 188 Å². The van der Waals surface area contributed by atoms with Gasteiger partial charge in [0, 0.05) is 44.4 Å². The first-order valence-corrected chi connectivity index (χ1v) is 17.7. The van der Waals surface area contributed by atoms with Crippen molar-refractivity contribution in [3.8, 4) is 39.4 Å². The molecule has 7 aromatic carbocycles. The monoisotopic (exact) mass is 652 g/mol. The molecule has 3 heteroatoms. The van der Waals surface area contributed by atoms with Crippen LogP contribution < -0.4 is 4.74 Å². The van der Waals surface area contributed by atoms with E-state index in [0.29, 0.717) is 0 Å². The Morgan fingerprint density at radius 2 is 1.02 bits per heavy atom. The van der Waals surface area contributed by atoms with E-state index in [4.69, 9.17) is 4.74 Å². The third-order valence-electron chi connectivity index (χ3n) is 10.8. The maximum Gasteiger partial charge on any atom is 0.128 e. The van der Waals surface area contributed by atoms with Gasteiger partial charge in [0.05, 0.1) is 22.1 Å². The predicted molar refractivity (Wildman–Crippen MR) is 211 cm³/mol. The number of fused-ring (bicyclic) bond motifs is 10. The van der Waals surface area contributed by atoms with E-state index >= 15 is 0 Å². The number of ether oxygens (including phenoxy) is 1. The number of nitrogens with zero attached hydrogens (tertiary/aromatic N) is 2. The first-order valence-electron chi connectivity index (χ1n) is 17.7. The molecule has 3 nitrogen and oxygen atoms in total. The number of allylic oxidation sites excluding steroid dienone is 2. The van der Waals surface area contributed by atoms with Gasteiger partial charge in [-0.1, -0.05) is 121 Å². The summed E-state index contributed by atoms with van der Waals surface area (Å²) in [6.07, 6.45) is 8.76. The van der Waals surface area contributed by atoms with Gasteiger partial charge in [-0.3, -0.25) is 0 Å². The number of hydrogen-bond donors (Lipinski definition) is 0. The Bertz CT molecular complexity index is 2890. The van der Waals surface area contributed by atoms with Crippen molar-refractivity contribution in [2.45, 2.75) is 12.0 Å². The molecule has 0 saturated carbocycles. The van der Waals surface area contributed by atoms with Crippen molar-refractivity contribution in [2.75, 3.05) is 0 Å². The average Bonchev–Trinajstić information content (AvgIpc) is 3.85. The smallest absolute Gasteiger partial charge is 0.128 e. The Labute approximate surface area is 295 Å². The lowest BCUT2D eigenvalue weighted by molar-refractivity contribution is 0.269. The van der Waals surface area contributed by atoms with E-state index in [0.717, 1.165) is 17.1 Å². The molecule has 51 heavy (non-hydrogen) atoms. The summed E-state index contributed by atoms with van der Waals surface area (Å²) in [5.74, 6) is 1.12. The Morgan fingerprint density at radius 3 is 1.76 bits per heavy atom. The molecule has 2 aliphatic rings. The number of para-hydroxylation sites is 1. The van der Waals surface area contributed by atoms with Gasteiger partial charge in [-0.2, -0.15) is 0 Å². The summed E-state index contributed by atoms with van der Waals surface area (Å²) >= 11 is 0. The van der Waals surface area contributed by atoms with Crippen LogP contribution in [0.15, 0.2) is 182 Å². The van der Waals surface area contributed by atoms with Gasteiger partial charge in [-0.05, 0) is 82.9 Å². The van der Waals surface area contributed by atoms with Crippen LogP contribution in [0.3, 0.4) is 0 Å². The van der Waals surface area contributed by atoms with Crippen LogP contribution in [0.25, 0.3) is 77.2 Å². The summed E-state index contributed by atoms with van der Waals surface area (Å²) in [6.45, 7) is 0. The zero-order chi connectivity index (χ0) is 33.5. The summed E-state index contributed by atoms with van der Waals surface area (Å²) < 4.78 is 11.5. The summed E-state index contributed by atoms with van der Waals surface area (Å²) in [7, 11) is 0. The molecule has 0 fully saturated rings. The molecule has 9 aromatic rings. The quantitative estimate of drug-likeness (QED) is 0.185. The van der Waals surface area contributed by atoms with E-state index in [1.54, 1.807) is 0 Å². The third kappa shape index (κ3) is 4.25. The zero-order valence-corrected chi connectivity index (χ0v) is 27.8. The molecule has 0 radical (unpaired) electrons. The maximum absolute atomic E-state index is 6.59. The van der Waals surface area contributed by atoms with Crippen LogP contribution in [0.1, 0.15) is 11.5 Å². The minimum Gasteiger partial charge on any atom is -0.485 e. The van der Waals surface area contributed by atoms with Crippen molar-refractivity contribution in [1.29, 1.82) is 0 Å². The van der Waals surface area contributed by atoms with Crippen molar-refractivity contribution in [3.63, 3.8) is 0 Å². The molecule has 3 heterocycles. The van der Waals surface area contributed by atoms with Gasteiger partial charge in [0.15, 0.2) is 0 Å². The highest BCUT2D eigenvalue weighted by molar-refractivity contribution is 6.20. The maximum atomic E-state index is 6.59. The van der Waals surface area contributed by atoms with E-state index in [-0.39, 0.29) is 12.0 Å². The summed E-state index contributed by atoms with van der Waals surface area (Å²) in [4.78, 5) is 0. The highest BCUT2D eigenvalue weighted by atomic mass is 16.5. The van der Waals surface area contributed by atoms with Crippen molar-refractivity contribution in [2.24, 2.45) is 0 Å². The van der Waals surface area contributed by atoms with Gasteiger partial charge < -0.3 is 13.9 Å². The van der Waals surface area contributed by atoms with Gasteiger partial charge in [-0.25, -0.2) is 0 Å². The predicted octanol–water partition coefficient (Wildman–Crippen LogP) is 12.2. The Morgan fingerprint density at radius 1 is 0.412 bits per heavy atom. The van der Waals surface area contributed by atoms with Crippen LogP contribution in [-0.4, -0.2) is 15.2 Å². The zero-order valence-electron chi connectivity index (χ0n) is 27.8. The molecule has 2 aromatic heterocycles. The van der Waals surface area contributed by atoms with Crippen molar-refractivity contribution < 1.29 is 4.74 Å². The van der Waals surface area contributed by atoms with E-state index in [1.807, 2.05) is 0 Å². The highest BCUT2D eigenvalue weighted by Gasteiger charge is 2.36. The van der Waals surface area contributed by atoms with E-state index < -0.39 is 0 Å². The van der Waals surface area contributed by atoms with Crippen molar-refractivity contribution in [1.82, 2.24) is 9.13 Å². The first kappa shape index (κ1) is 28.3. The van der Waals surface area contributed by atoms with Crippen LogP contribution in [0.4, 0.5) is 0 Å². The average molecular weight is 653 g/mol. The summed E-state index contributed by atoms with van der Waals surface area (Å²) in [5.41, 5.74) is 13.1. The second-order valence-electron chi connectivity index (χ2n) is 13.7. The molecule has 11 rings (SSSR count). The Kier molecular flexibility index (Phi) is 6.08. The standard InChI is InChI=1S/C48H32N2O/c1-3-13-31(14-4-1)33-17-11-19-35(27-33)49-42-23-9-7-21-37(42)40-29-41-38-25-26-46-47(39-22-8-10-24-45(39)51-46)48(38)50(44(41)30-43(40)49)36-20-12-18-34(28-36)32-15-5-2-6-16-32/h1-30,39,45H. The molecule has 0 amide bonds. The van der Waals surface area contributed by atoms with Crippen LogP contribution in [0, 0.1) is 0 Å². The largest absolute Gasteiger partial charge is 0.485 e. The molecule has 2 unspecified atom stereocenters. The van der Waals surface area contributed by atoms with Gasteiger partial charge in [-0.15, -0.1) is 0 Å². The van der Waals surface area contributed by atoms with E-state index in [1.165, 1.54) is 71.4 Å². The van der Waals surface area contributed by atoms with Gasteiger partial charge >= 0.3 is 0 Å². The lowest BCUT2D eigenvalue weighted by atomic mass is 9.90. The molecule has 0 N–H and O–H groups in total. The van der Waals surface area contributed by atoms with Crippen LogP contribution in [0.2, 0.25) is 0 Å². The molecule has 0 saturated heterocycles. The second kappa shape index (κ2) is 11.0. The lowest BCUT2D eigenvalue weighted by Gasteiger charge is -2.16. The molecule has 0 spiro atoms. The summed E-state index contributed by atoms with van der Waals surface area (Å²) in [5, 5.41) is 4.97. The number of benzene rings is 7. The molecule has 1 aliphatic heterocycles. The van der Waals surface area contributed by atoms with Crippen LogP contribution in [0.5, 0.6) is 5.75 Å². The van der Waals surface area contributed by atoms with Crippen LogP contribution in [-0.2, 0) is 0 Å². The van der Waals surface area contributed by atoms with Crippen molar-refractivity contribution >= 4 is 43.6 Å². The minimum absolute atomic E-state index is 0.00183. The Balaban J connectivity index is 1.25. The fourth-order valence-corrected chi connectivity index (χ4v) is 8.56. The van der Waals surface area contributed by atoms with Crippen LogP contribution >= 0.6 is 0 Å². The fourth-order valence-electron chi connectivity index (χ4n) is 8.56. The van der Waals surface area contributed by atoms with E-state index in [9.17, 15) is 0 Å². The minimum atomic E-state index is 0.00183. The third-order valence-corrected chi connectivity index (χ3v) is 10.8. The SMILES string of the molecule is C1=CC2Oc3ccc4c5cc6c7ccccc7n(-c7cccc(-c8ccccc8)c7)c6cc5n(-c5cccc(-c6ccccc6)c5)c4c3C2C=C1. The van der Waals surface area contributed by atoms with Gasteiger partial charge in [0.1, 0.15) is 11.9 Å². The first-order chi connectivity index (χ1) is 25.3. The highest BCUT2D eigenvalue weighted by Crippen LogP contribution is 2.49. The molecule has 240 valence electrons. The molecule has 0 bridgehead atoms. The van der Waals surface area contributed by atoms with E-state index in [2.05, 4.69) is 191 Å². The molecule has 2 atom stereocenters. The molecular weight excluding hydrogens is 621 g/mol. The van der Waals surface area contributed by atoms with Gasteiger partial charge in [0.25, 0.3) is 0 Å². The Hall–Kier alpha value is -6.58. The normalized spacial score (nSPS) is 16.2. The molecular formula is C48H32N2O. The molecule has 1 aliphatic carbocycles. The number of rotatable bonds is 4.